The van der Waals surface area contributed by atoms with Gasteiger partial charge in [0.15, 0.2) is 0 Å². The van der Waals surface area contributed by atoms with Crippen molar-refractivity contribution < 1.29 is 4.79 Å². The fourth-order valence-electron chi connectivity index (χ4n) is 1.70. The normalized spacial score (nSPS) is 12.4. The van der Waals surface area contributed by atoms with E-state index in [1.807, 2.05) is 12.3 Å². The number of amides is 1. The predicted molar refractivity (Wildman–Crippen MR) is 73.7 cm³/mol. The first-order valence-corrected chi connectivity index (χ1v) is 6.87. The summed E-state index contributed by atoms with van der Waals surface area (Å²) in [4.78, 5) is 16.2. The molecule has 0 bridgehead atoms. The number of carbonyl (C=O) groups excluding carboxylic acids is 1. The lowest BCUT2D eigenvalue weighted by atomic mass is 10.1. The first kappa shape index (κ1) is 13.7. The predicted octanol–water partition coefficient (Wildman–Crippen LogP) is 0.544. The summed E-state index contributed by atoms with van der Waals surface area (Å²) in [5, 5.41) is 9.85. The highest BCUT2D eigenvalue weighted by atomic mass is 32.1. The third-order valence-electron chi connectivity index (χ3n) is 2.71. The van der Waals surface area contributed by atoms with E-state index in [0.717, 1.165) is 17.1 Å². The zero-order valence-electron chi connectivity index (χ0n) is 11.0. The molecule has 2 heterocycles. The summed E-state index contributed by atoms with van der Waals surface area (Å²) >= 11 is 1.61. The zero-order valence-corrected chi connectivity index (χ0v) is 11.8. The molecular formula is C12H17N5OS. The van der Waals surface area contributed by atoms with Crippen LogP contribution in [0.15, 0.2) is 17.8 Å². The van der Waals surface area contributed by atoms with E-state index in [-0.39, 0.29) is 5.91 Å². The van der Waals surface area contributed by atoms with Gasteiger partial charge in [0, 0.05) is 37.2 Å². The summed E-state index contributed by atoms with van der Waals surface area (Å²) < 4.78 is 1.63. The lowest BCUT2D eigenvalue weighted by molar-refractivity contribution is -0.122. The van der Waals surface area contributed by atoms with Crippen LogP contribution < -0.4 is 11.1 Å². The van der Waals surface area contributed by atoms with Crippen molar-refractivity contribution in [2.45, 2.75) is 19.4 Å². The van der Waals surface area contributed by atoms with Gasteiger partial charge in [-0.2, -0.15) is 5.10 Å². The number of aryl methyl sites for hydroxylation is 2. The molecule has 0 aliphatic rings. The number of nitrogens with zero attached hydrogens (tertiary/aromatic N) is 3. The molecule has 19 heavy (non-hydrogen) atoms. The van der Waals surface area contributed by atoms with Crippen LogP contribution in [0.1, 0.15) is 22.3 Å². The van der Waals surface area contributed by atoms with Gasteiger partial charge in [-0.1, -0.05) is 0 Å². The molecule has 2 aromatic rings. The van der Waals surface area contributed by atoms with E-state index in [2.05, 4.69) is 15.4 Å². The van der Waals surface area contributed by atoms with E-state index in [4.69, 9.17) is 5.73 Å². The van der Waals surface area contributed by atoms with E-state index in [0.29, 0.717) is 12.1 Å². The molecule has 0 saturated heterocycles. The Kier molecular flexibility index (Phi) is 4.28. The topological polar surface area (TPSA) is 85.8 Å². The van der Waals surface area contributed by atoms with E-state index < -0.39 is 6.04 Å². The Labute approximate surface area is 115 Å². The third-order valence-corrected chi connectivity index (χ3v) is 3.54. The van der Waals surface area contributed by atoms with Crippen LogP contribution in [0.3, 0.4) is 0 Å². The monoisotopic (exact) mass is 279 g/mol. The van der Waals surface area contributed by atoms with Gasteiger partial charge in [-0.05, 0) is 6.92 Å². The minimum absolute atomic E-state index is 0.194. The standard InChI is InChI=1S/C12H17N5OS/c1-8-16-10(7-19-8)3-4-14-12(18)11(13)9-5-15-17(2)6-9/h5-7,11H,3-4,13H2,1-2H3,(H,14,18). The fraction of sp³-hybridized carbons (Fsp3) is 0.417. The number of nitrogens with two attached hydrogens (primary N) is 1. The average molecular weight is 279 g/mol. The summed E-state index contributed by atoms with van der Waals surface area (Å²) in [6.07, 6.45) is 4.07. The Morgan fingerprint density at radius 3 is 3.00 bits per heavy atom. The minimum atomic E-state index is -0.675. The van der Waals surface area contributed by atoms with Gasteiger partial charge in [0.05, 0.1) is 16.9 Å². The largest absolute Gasteiger partial charge is 0.354 e. The molecule has 6 nitrogen and oxygen atoms in total. The number of carbonyl (C=O) groups is 1. The molecule has 7 heteroatoms. The maximum Gasteiger partial charge on any atom is 0.241 e. The lowest BCUT2D eigenvalue weighted by Gasteiger charge is -2.09. The van der Waals surface area contributed by atoms with Crippen LogP contribution >= 0.6 is 11.3 Å². The Morgan fingerprint density at radius 1 is 1.63 bits per heavy atom. The molecule has 0 aromatic carbocycles. The van der Waals surface area contributed by atoms with Crippen molar-refractivity contribution in [1.29, 1.82) is 0 Å². The molecule has 2 rings (SSSR count). The highest BCUT2D eigenvalue weighted by molar-refractivity contribution is 7.09. The Balaban J connectivity index is 1.81. The van der Waals surface area contributed by atoms with Crippen molar-refractivity contribution in [3.63, 3.8) is 0 Å². The molecule has 1 unspecified atom stereocenters. The van der Waals surface area contributed by atoms with Crippen LogP contribution in [0.5, 0.6) is 0 Å². The summed E-state index contributed by atoms with van der Waals surface area (Å²) in [7, 11) is 1.79. The molecule has 0 aliphatic heterocycles. The molecule has 1 atom stereocenters. The highest BCUT2D eigenvalue weighted by Gasteiger charge is 2.16. The van der Waals surface area contributed by atoms with Crippen molar-refractivity contribution in [2.24, 2.45) is 12.8 Å². The third kappa shape index (κ3) is 3.62. The number of hydrogen-bond acceptors (Lipinski definition) is 5. The van der Waals surface area contributed by atoms with Crippen LogP contribution in [0.2, 0.25) is 0 Å². The maximum atomic E-state index is 11.9. The Hall–Kier alpha value is -1.73. The Bertz CT molecular complexity index is 562. The van der Waals surface area contributed by atoms with Crippen LogP contribution in [-0.4, -0.2) is 27.2 Å². The van der Waals surface area contributed by atoms with Gasteiger partial charge in [-0.15, -0.1) is 11.3 Å². The second-order valence-corrected chi connectivity index (χ2v) is 5.39. The van der Waals surface area contributed by atoms with Crippen LogP contribution in [0.25, 0.3) is 0 Å². The number of nitrogens with one attached hydrogen (secondary N) is 1. The van der Waals surface area contributed by atoms with Gasteiger partial charge in [-0.3, -0.25) is 9.48 Å². The van der Waals surface area contributed by atoms with Crippen molar-refractivity contribution in [3.8, 4) is 0 Å². The maximum absolute atomic E-state index is 11.9. The molecule has 0 aliphatic carbocycles. The van der Waals surface area contributed by atoms with Crippen molar-refractivity contribution in [2.75, 3.05) is 6.54 Å². The van der Waals surface area contributed by atoms with Gasteiger partial charge in [-0.25, -0.2) is 4.98 Å². The summed E-state index contributed by atoms with van der Waals surface area (Å²) in [6.45, 7) is 2.50. The molecular weight excluding hydrogens is 262 g/mol. The second kappa shape index (κ2) is 5.94. The number of hydrogen-bond donors (Lipinski definition) is 2. The van der Waals surface area contributed by atoms with E-state index in [9.17, 15) is 4.79 Å². The number of rotatable bonds is 5. The smallest absolute Gasteiger partial charge is 0.241 e. The highest BCUT2D eigenvalue weighted by Crippen LogP contribution is 2.09. The molecule has 0 fully saturated rings. The molecule has 0 saturated carbocycles. The van der Waals surface area contributed by atoms with E-state index in [1.54, 1.807) is 35.5 Å². The minimum Gasteiger partial charge on any atom is -0.354 e. The number of aromatic nitrogens is 3. The quantitative estimate of drug-likeness (QED) is 0.836. The van der Waals surface area contributed by atoms with Crippen molar-refractivity contribution in [1.82, 2.24) is 20.1 Å². The zero-order chi connectivity index (χ0) is 13.8. The van der Waals surface area contributed by atoms with Crippen LogP contribution in [0.4, 0.5) is 0 Å². The van der Waals surface area contributed by atoms with Crippen molar-refractivity contribution in [3.05, 3.63) is 34.0 Å². The first-order chi connectivity index (χ1) is 9.06. The van der Waals surface area contributed by atoms with Crippen molar-refractivity contribution >= 4 is 17.2 Å². The van der Waals surface area contributed by atoms with Gasteiger partial charge < -0.3 is 11.1 Å². The molecule has 102 valence electrons. The van der Waals surface area contributed by atoms with Gasteiger partial charge in [0.25, 0.3) is 0 Å². The molecule has 1 amide bonds. The van der Waals surface area contributed by atoms with E-state index in [1.165, 1.54) is 0 Å². The van der Waals surface area contributed by atoms with Gasteiger partial charge in [0.1, 0.15) is 6.04 Å². The first-order valence-electron chi connectivity index (χ1n) is 5.99. The molecule has 0 radical (unpaired) electrons. The Morgan fingerprint density at radius 2 is 2.42 bits per heavy atom. The second-order valence-electron chi connectivity index (χ2n) is 4.32. The SMILES string of the molecule is Cc1nc(CCNC(=O)C(N)c2cnn(C)c2)cs1. The fourth-order valence-corrected chi connectivity index (χ4v) is 2.35. The summed E-state index contributed by atoms with van der Waals surface area (Å²) in [5.41, 5.74) is 7.57. The summed E-state index contributed by atoms with van der Waals surface area (Å²) in [6, 6.07) is -0.675. The molecule has 3 N–H and O–H groups in total. The van der Waals surface area contributed by atoms with Crippen LogP contribution in [0, 0.1) is 6.92 Å². The average Bonchev–Trinajstić information content (AvgIpc) is 2.97. The summed E-state index contributed by atoms with van der Waals surface area (Å²) in [5.74, 6) is -0.194. The van der Waals surface area contributed by atoms with Gasteiger partial charge >= 0.3 is 0 Å². The van der Waals surface area contributed by atoms with Gasteiger partial charge in [0.2, 0.25) is 5.91 Å². The molecule has 0 spiro atoms. The molecule has 2 aromatic heterocycles. The van der Waals surface area contributed by atoms with Crippen LogP contribution in [-0.2, 0) is 18.3 Å². The number of thiazole rings is 1. The lowest BCUT2D eigenvalue weighted by Crippen LogP contribution is -2.35. The van der Waals surface area contributed by atoms with E-state index >= 15 is 0 Å².